The molecule has 1 fully saturated rings. The van der Waals surface area contributed by atoms with Crippen molar-refractivity contribution in [2.24, 2.45) is 0 Å². The first-order chi connectivity index (χ1) is 12.8. The summed E-state index contributed by atoms with van der Waals surface area (Å²) in [6, 6.07) is 4.18. The number of amides is 2. The monoisotopic (exact) mass is 392 g/mol. The van der Waals surface area contributed by atoms with Gasteiger partial charge in [-0.1, -0.05) is 0 Å². The van der Waals surface area contributed by atoms with E-state index in [1.165, 1.54) is 13.0 Å². The molecular weight excluding hydrogens is 368 g/mol. The molecule has 1 aromatic carbocycles. The summed E-state index contributed by atoms with van der Waals surface area (Å²) in [6.45, 7) is 8.93. The summed E-state index contributed by atoms with van der Waals surface area (Å²) < 4.78 is 4.88. The second-order valence-corrected chi connectivity index (χ2v) is 6.89. The number of ether oxygens (including phenoxy) is 1. The molecule has 1 aliphatic rings. The molecule has 0 spiro atoms. The van der Waals surface area contributed by atoms with Gasteiger partial charge in [0.25, 0.3) is 11.1 Å². The van der Waals surface area contributed by atoms with Crippen LogP contribution >= 0.6 is 11.8 Å². The maximum Gasteiger partial charge on any atom is 0.329 e. The fraction of sp³-hybridized carbons (Fsp3) is 0.421. The Morgan fingerprint density at radius 3 is 2.52 bits per heavy atom. The standard InChI is InChI=1S/C19H24N2O5S/c1-5-20(6-2)14-9-8-13(15(22)11-14)10-16-17(23)21(19(25)27-16)12(4)18(24)26-7-3/h8-12,22H,5-7H2,1-4H3/b16-10+/t12-/m1/s1. The normalized spacial score (nSPS) is 16.7. The molecule has 0 unspecified atom stereocenters. The lowest BCUT2D eigenvalue weighted by Crippen LogP contribution is -2.42. The summed E-state index contributed by atoms with van der Waals surface area (Å²) in [7, 11) is 0. The Labute approximate surface area is 163 Å². The fourth-order valence-electron chi connectivity index (χ4n) is 2.76. The van der Waals surface area contributed by atoms with E-state index in [0.29, 0.717) is 5.56 Å². The largest absolute Gasteiger partial charge is 0.507 e. The maximum absolute atomic E-state index is 12.6. The topological polar surface area (TPSA) is 87.2 Å². The van der Waals surface area contributed by atoms with Crippen molar-refractivity contribution in [1.29, 1.82) is 0 Å². The van der Waals surface area contributed by atoms with E-state index in [-0.39, 0.29) is 17.3 Å². The quantitative estimate of drug-likeness (QED) is 0.563. The second kappa shape index (κ2) is 8.94. The van der Waals surface area contributed by atoms with Crippen molar-refractivity contribution in [3.8, 4) is 5.75 Å². The Morgan fingerprint density at radius 1 is 1.30 bits per heavy atom. The van der Waals surface area contributed by atoms with E-state index < -0.39 is 23.2 Å². The first-order valence-corrected chi connectivity index (χ1v) is 9.67. The number of phenols is 1. The summed E-state index contributed by atoms with van der Waals surface area (Å²) in [4.78, 5) is 39.7. The van der Waals surface area contributed by atoms with Gasteiger partial charge in [-0.2, -0.15) is 0 Å². The number of hydrogen-bond acceptors (Lipinski definition) is 7. The maximum atomic E-state index is 12.6. The van der Waals surface area contributed by atoms with Crippen molar-refractivity contribution in [3.05, 3.63) is 28.7 Å². The van der Waals surface area contributed by atoms with E-state index >= 15 is 0 Å². The number of rotatable bonds is 7. The second-order valence-electron chi connectivity index (χ2n) is 5.90. The van der Waals surface area contributed by atoms with E-state index in [1.807, 2.05) is 19.9 Å². The van der Waals surface area contributed by atoms with Gasteiger partial charge in [0.05, 0.1) is 11.5 Å². The van der Waals surface area contributed by atoms with Crippen molar-refractivity contribution in [2.45, 2.75) is 33.7 Å². The Morgan fingerprint density at radius 2 is 1.96 bits per heavy atom. The summed E-state index contributed by atoms with van der Waals surface area (Å²) in [5.41, 5.74) is 1.30. The van der Waals surface area contributed by atoms with Crippen molar-refractivity contribution in [3.63, 3.8) is 0 Å². The predicted molar refractivity (Wildman–Crippen MR) is 106 cm³/mol. The summed E-state index contributed by atoms with van der Waals surface area (Å²) in [6.07, 6.45) is 1.46. The smallest absolute Gasteiger partial charge is 0.329 e. The van der Waals surface area contributed by atoms with E-state index in [9.17, 15) is 19.5 Å². The lowest BCUT2D eigenvalue weighted by Gasteiger charge is -2.21. The van der Waals surface area contributed by atoms with Gasteiger partial charge in [0.15, 0.2) is 0 Å². The molecule has 2 amide bonds. The van der Waals surface area contributed by atoms with Gasteiger partial charge in [-0.15, -0.1) is 0 Å². The van der Waals surface area contributed by atoms with Crippen molar-refractivity contribution >= 4 is 40.6 Å². The van der Waals surface area contributed by atoms with Gasteiger partial charge in [0.2, 0.25) is 0 Å². The van der Waals surface area contributed by atoms with Crippen LogP contribution < -0.4 is 4.90 Å². The van der Waals surface area contributed by atoms with Crippen LogP contribution in [-0.2, 0) is 14.3 Å². The molecule has 1 aliphatic heterocycles. The Bertz CT molecular complexity index is 773. The van der Waals surface area contributed by atoms with Crippen LogP contribution in [0.25, 0.3) is 6.08 Å². The number of benzene rings is 1. The minimum absolute atomic E-state index is 0.0182. The lowest BCUT2D eigenvalue weighted by molar-refractivity contribution is -0.150. The van der Waals surface area contributed by atoms with Crippen LogP contribution in [0.2, 0.25) is 0 Å². The van der Waals surface area contributed by atoms with E-state index in [1.54, 1.807) is 19.1 Å². The van der Waals surface area contributed by atoms with E-state index in [4.69, 9.17) is 4.74 Å². The molecule has 1 heterocycles. The zero-order valence-corrected chi connectivity index (χ0v) is 16.7. The molecule has 8 heteroatoms. The number of hydrogen-bond donors (Lipinski definition) is 1. The highest BCUT2D eigenvalue weighted by molar-refractivity contribution is 8.18. The minimum Gasteiger partial charge on any atom is -0.507 e. The van der Waals surface area contributed by atoms with Gasteiger partial charge >= 0.3 is 5.97 Å². The summed E-state index contributed by atoms with van der Waals surface area (Å²) in [5, 5.41) is 9.78. The average Bonchev–Trinajstić information content (AvgIpc) is 2.91. The third kappa shape index (κ3) is 4.44. The number of carbonyl (C=O) groups excluding carboxylic acids is 3. The third-order valence-corrected chi connectivity index (χ3v) is 5.15. The van der Waals surface area contributed by atoms with E-state index in [2.05, 4.69) is 4.90 Å². The number of imide groups is 1. The molecule has 1 saturated heterocycles. The molecule has 0 bridgehead atoms. The number of nitrogens with zero attached hydrogens (tertiary/aromatic N) is 2. The molecule has 0 radical (unpaired) electrons. The molecule has 0 aromatic heterocycles. The van der Waals surface area contributed by atoms with Crippen LogP contribution in [0.4, 0.5) is 10.5 Å². The van der Waals surface area contributed by atoms with Gasteiger partial charge in [0.1, 0.15) is 11.8 Å². The number of phenolic OH excluding ortho intramolecular Hbond substituents is 1. The molecule has 0 saturated carbocycles. The van der Waals surface area contributed by atoms with Crippen LogP contribution in [0.5, 0.6) is 5.75 Å². The molecule has 1 aromatic rings. The van der Waals surface area contributed by atoms with Gasteiger partial charge in [-0.05, 0) is 57.7 Å². The zero-order chi connectivity index (χ0) is 20.1. The number of carbonyl (C=O) groups is 3. The van der Waals surface area contributed by atoms with Crippen LogP contribution in [-0.4, -0.2) is 52.9 Å². The Kier molecular flexibility index (Phi) is 6.90. The molecule has 1 atom stereocenters. The first kappa shape index (κ1) is 20.8. The SMILES string of the molecule is CCOC(=O)[C@@H](C)N1C(=O)S/C(=C/c2ccc(N(CC)CC)cc2O)C1=O. The van der Waals surface area contributed by atoms with Gasteiger partial charge in [-0.25, -0.2) is 4.79 Å². The number of esters is 1. The molecular formula is C19H24N2O5S. The molecule has 27 heavy (non-hydrogen) atoms. The Balaban J connectivity index is 2.26. The molecule has 2 rings (SSSR count). The van der Waals surface area contributed by atoms with Crippen LogP contribution in [0.1, 0.15) is 33.3 Å². The third-order valence-electron chi connectivity index (χ3n) is 4.27. The number of thioether (sulfide) groups is 1. The highest BCUT2D eigenvalue weighted by atomic mass is 32.2. The van der Waals surface area contributed by atoms with E-state index in [0.717, 1.165) is 35.4 Å². The van der Waals surface area contributed by atoms with Crippen molar-refractivity contribution < 1.29 is 24.2 Å². The predicted octanol–water partition coefficient (Wildman–Crippen LogP) is 3.23. The fourth-order valence-corrected chi connectivity index (χ4v) is 3.66. The highest BCUT2D eigenvalue weighted by Crippen LogP contribution is 2.36. The molecule has 1 N–H and O–H groups in total. The number of aromatic hydroxyl groups is 1. The lowest BCUT2D eigenvalue weighted by atomic mass is 10.1. The first-order valence-electron chi connectivity index (χ1n) is 8.85. The molecule has 146 valence electrons. The van der Waals surface area contributed by atoms with Gasteiger partial charge in [0, 0.05) is 30.4 Å². The average molecular weight is 392 g/mol. The number of anilines is 1. The Hall–Kier alpha value is -2.48. The van der Waals surface area contributed by atoms with Gasteiger partial charge in [-0.3, -0.25) is 14.5 Å². The summed E-state index contributed by atoms with van der Waals surface area (Å²) in [5.74, 6) is -1.19. The highest BCUT2D eigenvalue weighted by Gasteiger charge is 2.41. The molecule has 7 nitrogen and oxygen atoms in total. The zero-order valence-electron chi connectivity index (χ0n) is 15.9. The van der Waals surface area contributed by atoms with Gasteiger partial charge < -0.3 is 14.7 Å². The van der Waals surface area contributed by atoms with Crippen LogP contribution in [0, 0.1) is 0 Å². The van der Waals surface area contributed by atoms with Crippen molar-refractivity contribution in [2.75, 3.05) is 24.6 Å². The van der Waals surface area contributed by atoms with Crippen molar-refractivity contribution in [1.82, 2.24) is 4.90 Å². The van der Waals surface area contributed by atoms with Crippen LogP contribution in [0.3, 0.4) is 0 Å². The van der Waals surface area contributed by atoms with Crippen LogP contribution in [0.15, 0.2) is 23.1 Å². The minimum atomic E-state index is -0.998. The molecule has 0 aliphatic carbocycles. The summed E-state index contributed by atoms with van der Waals surface area (Å²) >= 11 is 0.738.